The van der Waals surface area contributed by atoms with Crippen molar-refractivity contribution in [2.75, 3.05) is 9.80 Å². The molecule has 7 aromatic carbocycles. The van der Waals surface area contributed by atoms with Crippen LogP contribution in [0.15, 0.2) is 158 Å². The maximum Gasteiger partial charge on any atom is 0.187 e. The number of benzene rings is 7. The smallest absolute Gasteiger partial charge is 0.187 e. The number of rotatable bonds is 10. The van der Waals surface area contributed by atoms with Crippen LogP contribution in [0.5, 0.6) is 0 Å². The van der Waals surface area contributed by atoms with Crippen molar-refractivity contribution in [2.24, 2.45) is 0 Å². The van der Waals surface area contributed by atoms with Gasteiger partial charge in [-0.3, -0.25) is 0 Å². The summed E-state index contributed by atoms with van der Waals surface area (Å²) < 4.78 is 0. The molecule has 8 rings (SSSR count). The lowest BCUT2D eigenvalue weighted by Gasteiger charge is -2.28. The monoisotopic (exact) mass is 764 g/mol. The van der Waals surface area contributed by atoms with Crippen molar-refractivity contribution in [3.8, 4) is 17.2 Å². The van der Waals surface area contributed by atoms with Crippen molar-refractivity contribution in [1.82, 2.24) is 0 Å². The number of anilines is 6. The molecule has 0 saturated carbocycles. The molecule has 1 aliphatic carbocycles. The van der Waals surface area contributed by atoms with Crippen LogP contribution in [0.2, 0.25) is 0 Å². The molecule has 0 bridgehead atoms. The minimum Gasteiger partial charge on any atom is -0.311 e. The quantitative estimate of drug-likeness (QED) is 0.103. The largest absolute Gasteiger partial charge is 0.311 e. The second-order valence-corrected chi connectivity index (χ2v) is 16.5. The Morgan fingerprint density at radius 3 is 1.39 bits per heavy atom. The molecule has 7 aromatic rings. The normalized spacial score (nSPS) is 12.6. The lowest BCUT2D eigenvalue weighted by molar-refractivity contribution is 0.660. The molecule has 0 spiro atoms. The zero-order valence-electron chi connectivity index (χ0n) is 34.6. The summed E-state index contributed by atoms with van der Waals surface area (Å²) in [4.78, 5) is 8.16. The number of fused-ring (bicyclic) bond motifs is 3. The van der Waals surface area contributed by atoms with E-state index in [1.54, 1.807) is 0 Å². The second-order valence-electron chi connectivity index (χ2n) is 16.5. The van der Waals surface area contributed by atoms with E-state index in [1.807, 2.05) is 48.5 Å². The molecule has 4 nitrogen and oxygen atoms in total. The molecular formula is C55H48N4. The van der Waals surface area contributed by atoms with Crippen LogP contribution in [0.3, 0.4) is 0 Å². The van der Waals surface area contributed by atoms with E-state index < -0.39 is 0 Å². The van der Waals surface area contributed by atoms with Crippen molar-refractivity contribution in [3.05, 3.63) is 208 Å². The van der Waals surface area contributed by atoms with E-state index in [0.29, 0.717) is 23.1 Å². The van der Waals surface area contributed by atoms with Gasteiger partial charge in [0.25, 0.3) is 0 Å². The first-order chi connectivity index (χ1) is 28.5. The summed E-state index contributed by atoms with van der Waals surface area (Å²) in [7, 11) is 0. The number of nitriles is 1. The Morgan fingerprint density at radius 1 is 0.508 bits per heavy atom. The molecule has 0 aliphatic heterocycles. The van der Waals surface area contributed by atoms with Crippen LogP contribution in [0.4, 0.5) is 39.8 Å². The minimum absolute atomic E-state index is 0.213. The molecule has 0 heterocycles. The highest BCUT2D eigenvalue weighted by Gasteiger charge is 2.36. The highest BCUT2D eigenvalue weighted by molar-refractivity contribution is 5.87. The van der Waals surface area contributed by atoms with Gasteiger partial charge in [-0.15, -0.1) is 0 Å². The van der Waals surface area contributed by atoms with E-state index in [0.717, 1.165) is 45.3 Å². The minimum atomic E-state index is -0.213. The molecule has 0 atom stereocenters. The van der Waals surface area contributed by atoms with Crippen LogP contribution in [0.25, 0.3) is 28.1 Å². The van der Waals surface area contributed by atoms with Crippen molar-refractivity contribution >= 4 is 52.0 Å². The van der Waals surface area contributed by atoms with Gasteiger partial charge in [0.05, 0.1) is 18.2 Å². The van der Waals surface area contributed by atoms with Crippen LogP contribution < -0.4 is 9.80 Å². The maximum absolute atomic E-state index is 9.41. The Morgan fingerprint density at radius 2 is 0.898 bits per heavy atom. The van der Waals surface area contributed by atoms with Crippen LogP contribution in [0.1, 0.15) is 92.3 Å². The van der Waals surface area contributed by atoms with Gasteiger partial charge in [-0.1, -0.05) is 126 Å². The fraction of sp³-hybridized carbons (Fsp3) is 0.164. The molecule has 0 amide bonds. The van der Waals surface area contributed by atoms with Crippen LogP contribution in [-0.4, -0.2) is 0 Å². The predicted octanol–water partition coefficient (Wildman–Crippen LogP) is 15.8. The first kappa shape index (κ1) is 38.7. The maximum atomic E-state index is 9.41. The van der Waals surface area contributed by atoms with Crippen LogP contribution in [-0.2, 0) is 5.41 Å². The number of hydrogen-bond acceptors (Lipinski definition) is 3. The van der Waals surface area contributed by atoms with Gasteiger partial charge >= 0.3 is 0 Å². The fourth-order valence-electron chi connectivity index (χ4n) is 8.19. The molecule has 0 aromatic heterocycles. The molecule has 0 unspecified atom stereocenters. The van der Waals surface area contributed by atoms with Crippen molar-refractivity contribution < 1.29 is 0 Å². The molecule has 4 heteroatoms. The SMILES string of the molecule is [C-]#[N+]c1ccc(N(c2ccc(C(C)C)cc2)c2ccc3c(c2)C(C)(C)c2cc(/C=C/c4ccc(N(c5ccc(C#N)cc5)c5ccc(C(C)C)cc5)cc4)ccc2-3)cc1. The summed E-state index contributed by atoms with van der Waals surface area (Å²) in [6.45, 7) is 21.0. The highest BCUT2D eigenvalue weighted by Crippen LogP contribution is 2.51. The lowest BCUT2D eigenvalue weighted by Crippen LogP contribution is -2.16. The van der Waals surface area contributed by atoms with E-state index in [9.17, 15) is 5.26 Å². The van der Waals surface area contributed by atoms with Gasteiger partial charge in [0.1, 0.15) is 0 Å². The lowest BCUT2D eigenvalue weighted by atomic mass is 9.81. The third-order valence-electron chi connectivity index (χ3n) is 11.7. The molecule has 0 saturated heterocycles. The van der Waals surface area contributed by atoms with Gasteiger partial charge in [0.15, 0.2) is 5.69 Å². The van der Waals surface area contributed by atoms with Crippen molar-refractivity contribution in [2.45, 2.75) is 58.8 Å². The molecule has 288 valence electrons. The van der Waals surface area contributed by atoms with Crippen LogP contribution in [0, 0.1) is 17.9 Å². The average Bonchev–Trinajstić information content (AvgIpc) is 3.49. The molecule has 0 fully saturated rings. The van der Waals surface area contributed by atoms with E-state index in [1.165, 1.54) is 33.4 Å². The summed E-state index contributed by atoms with van der Waals surface area (Å²) in [6, 6.07) is 57.8. The van der Waals surface area contributed by atoms with Gasteiger partial charge in [-0.05, 0) is 141 Å². The number of nitrogens with zero attached hydrogens (tertiary/aromatic N) is 4. The summed E-state index contributed by atoms with van der Waals surface area (Å²) >= 11 is 0. The molecule has 0 radical (unpaired) electrons. The molecule has 1 aliphatic rings. The summed E-state index contributed by atoms with van der Waals surface area (Å²) in [5.41, 5.74) is 17.4. The Bertz CT molecular complexity index is 2720. The number of hydrogen-bond donors (Lipinski definition) is 0. The van der Waals surface area contributed by atoms with E-state index in [2.05, 4.69) is 184 Å². The second kappa shape index (κ2) is 16.0. The highest BCUT2D eigenvalue weighted by atomic mass is 15.1. The van der Waals surface area contributed by atoms with Crippen LogP contribution >= 0.6 is 0 Å². The van der Waals surface area contributed by atoms with Gasteiger partial charge < -0.3 is 9.80 Å². The third kappa shape index (κ3) is 7.66. The zero-order chi connectivity index (χ0) is 41.3. The average molecular weight is 765 g/mol. The van der Waals surface area contributed by atoms with E-state index in [-0.39, 0.29) is 5.41 Å². The van der Waals surface area contributed by atoms with E-state index >= 15 is 0 Å². The topological polar surface area (TPSA) is 34.6 Å². The third-order valence-corrected chi connectivity index (χ3v) is 11.7. The van der Waals surface area contributed by atoms with Gasteiger partial charge in [0.2, 0.25) is 0 Å². The van der Waals surface area contributed by atoms with E-state index in [4.69, 9.17) is 6.57 Å². The Kier molecular flexibility index (Phi) is 10.5. The Balaban J connectivity index is 1.07. The standard InChI is InChI=1S/C55H48N4/c1-37(2)42-15-25-47(26-16-42)58(46-23-12-41(36-56)13-24-46)45-21-10-39(11-22-45)8-9-40-14-32-51-52-33-31-50(35-54(52)55(5,6)53(51)34-40)59(49-29-19-44(57-7)20-30-49)48-27-17-43(18-28-48)38(3)4/h8-35,37-38H,1-6H3/b9-8+. The van der Waals surface area contributed by atoms with Gasteiger partial charge in [-0.2, -0.15) is 5.26 Å². The summed E-state index contributed by atoms with van der Waals surface area (Å²) in [6.07, 6.45) is 4.39. The Hall–Kier alpha value is -7.14. The van der Waals surface area contributed by atoms with Crippen molar-refractivity contribution in [1.29, 1.82) is 5.26 Å². The molecular weight excluding hydrogens is 717 g/mol. The zero-order valence-corrected chi connectivity index (χ0v) is 34.6. The fourth-order valence-corrected chi connectivity index (χ4v) is 8.19. The summed E-state index contributed by atoms with van der Waals surface area (Å²) in [5, 5.41) is 9.41. The predicted molar refractivity (Wildman–Crippen MR) is 248 cm³/mol. The first-order valence-corrected chi connectivity index (χ1v) is 20.4. The van der Waals surface area contributed by atoms with Gasteiger partial charge in [0, 0.05) is 39.5 Å². The van der Waals surface area contributed by atoms with Gasteiger partial charge in [-0.25, -0.2) is 4.85 Å². The molecule has 0 N–H and O–H groups in total. The molecule has 59 heavy (non-hydrogen) atoms. The summed E-state index contributed by atoms with van der Waals surface area (Å²) in [5.74, 6) is 0.903. The Labute approximate surface area is 349 Å². The first-order valence-electron chi connectivity index (χ1n) is 20.4. The van der Waals surface area contributed by atoms with Crippen molar-refractivity contribution in [3.63, 3.8) is 0 Å².